The average Bonchev–Trinajstić information content (AvgIpc) is 2.56. The van der Waals surface area contributed by atoms with Crippen LogP contribution in [0, 0.1) is 17.8 Å². The summed E-state index contributed by atoms with van der Waals surface area (Å²) < 4.78 is 29.0. The molecule has 0 aliphatic heterocycles. The van der Waals surface area contributed by atoms with Gasteiger partial charge < -0.3 is 14.2 Å². The Morgan fingerprint density at radius 1 is 1.29 bits per heavy atom. The lowest BCUT2D eigenvalue weighted by Crippen LogP contribution is -2.24. The summed E-state index contributed by atoms with van der Waals surface area (Å²) in [7, 11) is 0. The highest BCUT2D eigenvalue weighted by Crippen LogP contribution is 2.26. The number of nitrogens with zero attached hydrogens (tertiary/aromatic N) is 1. The summed E-state index contributed by atoms with van der Waals surface area (Å²) in [6.45, 7) is 3.09. The molecule has 0 saturated heterocycles. The average molecular weight is 350 g/mol. The SMILES string of the molecule is CC#COC(=O)[C@@H](C)Oc1ccc(Oc2ncc(Cl)cc2F)cc1. The molecule has 2 rings (SSSR count). The van der Waals surface area contributed by atoms with Gasteiger partial charge in [-0.15, -0.1) is 0 Å². The van der Waals surface area contributed by atoms with E-state index in [9.17, 15) is 9.18 Å². The van der Waals surface area contributed by atoms with Crippen LogP contribution in [0.5, 0.6) is 17.4 Å². The van der Waals surface area contributed by atoms with Crippen LogP contribution >= 0.6 is 11.6 Å². The third-order valence-electron chi connectivity index (χ3n) is 2.71. The molecule has 0 unspecified atom stereocenters. The molecule has 1 aromatic heterocycles. The fraction of sp³-hybridized carbons (Fsp3) is 0.176. The standard InChI is InChI=1S/C17H13ClFNO4/c1-3-8-22-17(21)11(2)23-13-4-6-14(7-5-13)24-16-15(19)9-12(18)10-20-16/h4-7,9-11H,1-2H3/t11-/m1/s1. The van der Waals surface area contributed by atoms with Gasteiger partial charge in [-0.1, -0.05) is 17.5 Å². The molecule has 0 radical (unpaired) electrons. The number of carbonyl (C=O) groups excluding carboxylic acids is 1. The lowest BCUT2D eigenvalue weighted by atomic mass is 10.3. The van der Waals surface area contributed by atoms with Crippen molar-refractivity contribution in [3.05, 3.63) is 47.4 Å². The first-order chi connectivity index (χ1) is 11.5. The highest BCUT2D eigenvalue weighted by Gasteiger charge is 2.16. The first-order valence-electron chi connectivity index (χ1n) is 6.87. The second-order valence-corrected chi connectivity index (χ2v) is 4.98. The number of hydrogen-bond donors (Lipinski definition) is 0. The van der Waals surface area contributed by atoms with Gasteiger partial charge in [0.2, 0.25) is 0 Å². The number of esters is 1. The van der Waals surface area contributed by atoms with Gasteiger partial charge >= 0.3 is 5.97 Å². The van der Waals surface area contributed by atoms with Crippen LogP contribution < -0.4 is 9.47 Å². The summed E-state index contributed by atoms with van der Waals surface area (Å²) in [4.78, 5) is 15.3. The van der Waals surface area contributed by atoms with Gasteiger partial charge in [0, 0.05) is 13.1 Å². The molecule has 0 aliphatic rings. The first-order valence-corrected chi connectivity index (χ1v) is 7.25. The summed E-state index contributed by atoms with van der Waals surface area (Å²) >= 11 is 5.63. The van der Waals surface area contributed by atoms with E-state index in [1.54, 1.807) is 31.2 Å². The minimum Gasteiger partial charge on any atom is -0.479 e. The fourth-order valence-electron chi connectivity index (χ4n) is 1.61. The zero-order valence-corrected chi connectivity index (χ0v) is 13.6. The molecular formula is C17H13ClFNO4. The van der Waals surface area contributed by atoms with Crippen LogP contribution in [-0.2, 0) is 9.53 Å². The van der Waals surface area contributed by atoms with Crippen molar-refractivity contribution in [3.8, 4) is 29.4 Å². The minimum absolute atomic E-state index is 0.178. The second-order valence-electron chi connectivity index (χ2n) is 4.55. The number of rotatable bonds is 5. The predicted octanol–water partition coefficient (Wildman–Crippen LogP) is 3.96. The quantitative estimate of drug-likeness (QED) is 0.604. The van der Waals surface area contributed by atoms with Gasteiger partial charge in [0.25, 0.3) is 5.88 Å². The molecular weight excluding hydrogens is 337 g/mol. The maximum atomic E-state index is 13.6. The summed E-state index contributed by atoms with van der Waals surface area (Å²) in [5.74, 6) is 1.75. The van der Waals surface area contributed by atoms with E-state index in [0.717, 1.165) is 6.07 Å². The zero-order valence-electron chi connectivity index (χ0n) is 12.9. The molecule has 2 aromatic rings. The Balaban J connectivity index is 1.99. The molecule has 5 nitrogen and oxygen atoms in total. The van der Waals surface area contributed by atoms with E-state index in [2.05, 4.69) is 21.7 Å². The van der Waals surface area contributed by atoms with E-state index < -0.39 is 17.9 Å². The van der Waals surface area contributed by atoms with Crippen molar-refractivity contribution < 1.29 is 23.4 Å². The number of pyridine rings is 1. The van der Waals surface area contributed by atoms with Crippen molar-refractivity contribution in [2.24, 2.45) is 0 Å². The number of ether oxygens (including phenoxy) is 3. The van der Waals surface area contributed by atoms with Crippen LogP contribution in [0.4, 0.5) is 4.39 Å². The Labute approximate surface area is 143 Å². The van der Waals surface area contributed by atoms with Crippen LogP contribution in [0.1, 0.15) is 13.8 Å². The van der Waals surface area contributed by atoms with Crippen molar-refractivity contribution in [2.45, 2.75) is 20.0 Å². The molecule has 1 heterocycles. The van der Waals surface area contributed by atoms with Crippen molar-refractivity contribution in [2.75, 3.05) is 0 Å². The molecule has 124 valence electrons. The van der Waals surface area contributed by atoms with E-state index in [1.165, 1.54) is 13.1 Å². The largest absolute Gasteiger partial charge is 0.479 e. The summed E-state index contributed by atoms with van der Waals surface area (Å²) in [5, 5.41) is 0.178. The van der Waals surface area contributed by atoms with Gasteiger partial charge in [-0.2, -0.15) is 0 Å². The van der Waals surface area contributed by atoms with Gasteiger partial charge in [0.15, 0.2) is 11.9 Å². The summed E-state index contributed by atoms with van der Waals surface area (Å²) in [5.41, 5.74) is 0. The molecule has 0 bridgehead atoms. The Hall–Kier alpha value is -2.78. The topological polar surface area (TPSA) is 57.7 Å². The van der Waals surface area contributed by atoms with Gasteiger partial charge in [-0.25, -0.2) is 14.2 Å². The maximum absolute atomic E-state index is 13.6. The third-order valence-corrected chi connectivity index (χ3v) is 2.92. The Morgan fingerprint density at radius 3 is 2.58 bits per heavy atom. The van der Waals surface area contributed by atoms with Gasteiger partial charge in [-0.05, 0) is 37.3 Å². The van der Waals surface area contributed by atoms with E-state index >= 15 is 0 Å². The second kappa shape index (κ2) is 8.18. The number of halogens is 2. The van der Waals surface area contributed by atoms with Gasteiger partial charge in [0.1, 0.15) is 17.6 Å². The predicted molar refractivity (Wildman–Crippen MR) is 85.4 cm³/mol. The Kier molecular flexibility index (Phi) is 5.99. The summed E-state index contributed by atoms with van der Waals surface area (Å²) in [6, 6.07) is 7.34. The molecule has 1 atom stereocenters. The van der Waals surface area contributed by atoms with Crippen molar-refractivity contribution in [1.29, 1.82) is 0 Å². The molecule has 1 aromatic carbocycles. The maximum Gasteiger partial charge on any atom is 0.360 e. The van der Waals surface area contributed by atoms with Crippen LogP contribution in [0.25, 0.3) is 0 Å². The smallest absolute Gasteiger partial charge is 0.360 e. The first kappa shape index (κ1) is 17.6. The fourth-order valence-corrected chi connectivity index (χ4v) is 1.76. The molecule has 0 N–H and O–H groups in total. The Bertz CT molecular complexity index is 783. The van der Waals surface area contributed by atoms with Crippen LogP contribution in [0.2, 0.25) is 5.02 Å². The minimum atomic E-state index is -0.826. The lowest BCUT2D eigenvalue weighted by molar-refractivity contribution is -0.143. The van der Waals surface area contributed by atoms with Crippen LogP contribution in [-0.4, -0.2) is 17.1 Å². The monoisotopic (exact) mass is 349 g/mol. The van der Waals surface area contributed by atoms with Gasteiger partial charge in [-0.3, -0.25) is 0 Å². The van der Waals surface area contributed by atoms with Crippen molar-refractivity contribution in [1.82, 2.24) is 4.98 Å². The Morgan fingerprint density at radius 2 is 1.96 bits per heavy atom. The van der Waals surface area contributed by atoms with Crippen LogP contribution in [0.3, 0.4) is 0 Å². The van der Waals surface area contributed by atoms with Gasteiger partial charge in [0.05, 0.1) is 5.02 Å². The molecule has 24 heavy (non-hydrogen) atoms. The van der Waals surface area contributed by atoms with E-state index in [0.29, 0.717) is 11.5 Å². The lowest BCUT2D eigenvalue weighted by Gasteiger charge is -2.12. The highest BCUT2D eigenvalue weighted by atomic mass is 35.5. The zero-order chi connectivity index (χ0) is 17.5. The van der Waals surface area contributed by atoms with E-state index in [1.807, 2.05) is 0 Å². The number of carbonyl (C=O) groups is 1. The summed E-state index contributed by atoms with van der Waals surface area (Å²) in [6.07, 6.45) is 2.66. The molecule has 0 aliphatic carbocycles. The molecule has 0 fully saturated rings. The van der Waals surface area contributed by atoms with Crippen LogP contribution in [0.15, 0.2) is 36.5 Å². The number of benzene rings is 1. The molecule has 0 spiro atoms. The molecule has 0 saturated carbocycles. The molecule has 7 heteroatoms. The number of hydrogen-bond acceptors (Lipinski definition) is 5. The van der Waals surface area contributed by atoms with E-state index in [-0.39, 0.29) is 10.9 Å². The van der Waals surface area contributed by atoms with Crippen molar-refractivity contribution in [3.63, 3.8) is 0 Å². The third kappa shape index (κ3) is 4.86. The van der Waals surface area contributed by atoms with Crippen molar-refractivity contribution >= 4 is 17.6 Å². The van der Waals surface area contributed by atoms with E-state index in [4.69, 9.17) is 21.1 Å². The highest BCUT2D eigenvalue weighted by molar-refractivity contribution is 6.30. The number of aromatic nitrogens is 1. The normalized spacial score (nSPS) is 11.0. The molecule has 0 amide bonds.